The van der Waals surface area contributed by atoms with E-state index in [0.717, 1.165) is 34.7 Å². The molecule has 0 spiro atoms. The van der Waals surface area contributed by atoms with E-state index >= 15 is 0 Å². The highest BCUT2D eigenvalue weighted by atomic mass is 32.2. The zero-order valence-corrected chi connectivity index (χ0v) is 22.8. The monoisotopic (exact) mass is 540 g/mol. The van der Waals surface area contributed by atoms with E-state index < -0.39 is 5.25 Å². The summed E-state index contributed by atoms with van der Waals surface area (Å²) in [5.74, 6) is 1.55. The number of ether oxygens (including phenoxy) is 2. The summed E-state index contributed by atoms with van der Waals surface area (Å²) in [6, 6.07) is 22.3. The van der Waals surface area contributed by atoms with Gasteiger partial charge in [0, 0.05) is 35.3 Å². The fraction of sp³-hybridized carbons (Fsp3) is 0.233. The van der Waals surface area contributed by atoms with E-state index in [9.17, 15) is 9.59 Å². The van der Waals surface area contributed by atoms with Crippen LogP contribution < -0.4 is 14.4 Å². The van der Waals surface area contributed by atoms with Crippen LogP contribution in [-0.4, -0.2) is 52.9 Å². The van der Waals surface area contributed by atoms with Crippen LogP contribution in [0.5, 0.6) is 11.5 Å². The highest BCUT2D eigenvalue weighted by molar-refractivity contribution is 8.00. The van der Waals surface area contributed by atoms with Crippen molar-refractivity contribution in [3.05, 3.63) is 78.4 Å². The number of hydrogen-bond acceptors (Lipinski definition) is 8. The molecule has 2 heterocycles. The highest BCUT2D eigenvalue weighted by Gasteiger charge is 2.23. The zero-order chi connectivity index (χ0) is 27.4. The van der Waals surface area contributed by atoms with Crippen LogP contribution in [0.25, 0.3) is 22.5 Å². The van der Waals surface area contributed by atoms with Crippen LogP contribution in [0.2, 0.25) is 0 Å². The van der Waals surface area contributed by atoms with Crippen LogP contribution in [0.4, 0.5) is 5.69 Å². The van der Waals surface area contributed by atoms with Crippen LogP contribution >= 0.6 is 11.8 Å². The summed E-state index contributed by atoms with van der Waals surface area (Å²) in [4.78, 5) is 31.8. The SMILES string of the molecule is COc1ccc(-c2nnc(S[C@@H](C)C(=O)c3ccc(N4CCCC4=O)cc3)nc2-c2ccc(OC)cc2)cc1. The molecule has 39 heavy (non-hydrogen) atoms. The first kappa shape index (κ1) is 26.4. The van der Waals surface area contributed by atoms with Crippen LogP contribution in [0.1, 0.15) is 30.1 Å². The Bertz CT molecular complexity index is 1470. The van der Waals surface area contributed by atoms with Gasteiger partial charge in [0.1, 0.15) is 22.9 Å². The Morgan fingerprint density at radius 2 is 1.44 bits per heavy atom. The van der Waals surface area contributed by atoms with Crippen molar-refractivity contribution in [1.82, 2.24) is 15.2 Å². The molecule has 0 radical (unpaired) electrons. The topological polar surface area (TPSA) is 94.5 Å². The van der Waals surface area contributed by atoms with E-state index in [1.165, 1.54) is 11.8 Å². The molecule has 0 unspecified atom stereocenters. The second-order valence-corrected chi connectivity index (χ2v) is 10.4. The summed E-state index contributed by atoms with van der Waals surface area (Å²) in [6.07, 6.45) is 1.43. The van der Waals surface area contributed by atoms with Gasteiger partial charge < -0.3 is 14.4 Å². The number of carbonyl (C=O) groups is 2. The number of methoxy groups -OCH3 is 2. The predicted molar refractivity (Wildman–Crippen MR) is 151 cm³/mol. The molecular weight excluding hydrogens is 512 g/mol. The molecule has 4 aromatic rings. The van der Waals surface area contributed by atoms with E-state index in [1.807, 2.05) is 67.6 Å². The molecule has 1 fully saturated rings. The van der Waals surface area contributed by atoms with Gasteiger partial charge in [-0.2, -0.15) is 0 Å². The van der Waals surface area contributed by atoms with Crippen LogP contribution in [-0.2, 0) is 4.79 Å². The van der Waals surface area contributed by atoms with Gasteiger partial charge in [-0.3, -0.25) is 9.59 Å². The molecule has 0 aliphatic carbocycles. The highest BCUT2D eigenvalue weighted by Crippen LogP contribution is 2.33. The molecule has 0 N–H and O–H groups in total. The van der Waals surface area contributed by atoms with E-state index in [-0.39, 0.29) is 11.7 Å². The van der Waals surface area contributed by atoms with Crippen molar-refractivity contribution >= 4 is 29.1 Å². The number of amides is 1. The minimum atomic E-state index is -0.443. The van der Waals surface area contributed by atoms with Crippen LogP contribution in [0, 0.1) is 0 Å². The molecular formula is C30H28N4O4S. The molecule has 3 aromatic carbocycles. The second kappa shape index (κ2) is 11.7. The molecule has 1 aromatic heterocycles. The van der Waals surface area contributed by atoms with Gasteiger partial charge in [0.05, 0.1) is 19.5 Å². The smallest absolute Gasteiger partial charge is 0.227 e. The first-order chi connectivity index (χ1) is 19.0. The average Bonchev–Trinajstić information content (AvgIpc) is 3.42. The van der Waals surface area contributed by atoms with E-state index in [0.29, 0.717) is 35.1 Å². The van der Waals surface area contributed by atoms with Crippen molar-refractivity contribution in [3.63, 3.8) is 0 Å². The fourth-order valence-corrected chi connectivity index (χ4v) is 5.22. The number of hydrogen-bond donors (Lipinski definition) is 0. The number of aromatic nitrogens is 3. The molecule has 8 nitrogen and oxygen atoms in total. The van der Waals surface area contributed by atoms with Crippen molar-refractivity contribution in [1.29, 1.82) is 0 Å². The summed E-state index contributed by atoms with van der Waals surface area (Å²) in [6.45, 7) is 2.55. The molecule has 1 amide bonds. The molecule has 0 bridgehead atoms. The maximum absolute atomic E-state index is 13.2. The van der Waals surface area contributed by atoms with Gasteiger partial charge in [0.15, 0.2) is 5.78 Å². The standard InChI is InChI=1S/C30H28N4O4S/c1-19(29(36)22-6-12-23(13-7-22)34-18-4-5-26(34)35)39-30-31-27(20-8-14-24(37-2)15-9-20)28(32-33-30)21-10-16-25(38-3)17-11-21/h6-17,19H,4-5,18H2,1-3H3/t19-/m0/s1. The predicted octanol–water partition coefficient (Wildman–Crippen LogP) is 5.71. The quantitative estimate of drug-likeness (QED) is 0.197. The van der Waals surface area contributed by atoms with Gasteiger partial charge in [-0.1, -0.05) is 11.8 Å². The Balaban J connectivity index is 1.40. The lowest BCUT2D eigenvalue weighted by Gasteiger charge is -2.16. The number of nitrogens with zero attached hydrogens (tertiary/aromatic N) is 4. The van der Waals surface area contributed by atoms with E-state index in [2.05, 4.69) is 10.2 Å². The first-order valence-corrected chi connectivity index (χ1v) is 13.5. The Hall–Kier alpha value is -4.24. The lowest BCUT2D eigenvalue weighted by molar-refractivity contribution is -0.117. The number of benzene rings is 3. The Morgan fingerprint density at radius 3 is 1.97 bits per heavy atom. The third-order valence-corrected chi connectivity index (χ3v) is 7.53. The zero-order valence-electron chi connectivity index (χ0n) is 22.0. The molecule has 1 aliphatic rings. The van der Waals surface area contributed by atoms with E-state index in [4.69, 9.17) is 14.5 Å². The third kappa shape index (κ3) is 5.78. The largest absolute Gasteiger partial charge is 0.497 e. The first-order valence-electron chi connectivity index (χ1n) is 12.6. The molecule has 0 saturated carbocycles. The minimum absolute atomic E-state index is 0.0480. The number of ketones is 1. The molecule has 5 rings (SSSR count). The summed E-state index contributed by atoms with van der Waals surface area (Å²) in [7, 11) is 3.24. The normalized spacial score (nSPS) is 13.8. The number of rotatable bonds is 9. The third-order valence-electron chi connectivity index (χ3n) is 6.58. The van der Waals surface area contributed by atoms with Crippen LogP contribution in [0.15, 0.2) is 78.0 Å². The minimum Gasteiger partial charge on any atom is -0.497 e. The van der Waals surface area contributed by atoms with Crippen molar-refractivity contribution in [2.75, 3.05) is 25.7 Å². The van der Waals surface area contributed by atoms with Gasteiger partial charge >= 0.3 is 0 Å². The van der Waals surface area contributed by atoms with Gasteiger partial charge in [0.25, 0.3) is 0 Å². The number of carbonyl (C=O) groups excluding carboxylic acids is 2. The van der Waals surface area contributed by atoms with Gasteiger partial charge in [0.2, 0.25) is 11.1 Å². The fourth-order valence-electron chi connectivity index (χ4n) is 4.43. The maximum atomic E-state index is 13.2. The van der Waals surface area contributed by atoms with Gasteiger partial charge in [-0.15, -0.1) is 10.2 Å². The van der Waals surface area contributed by atoms with Crippen LogP contribution in [0.3, 0.4) is 0 Å². The average molecular weight is 541 g/mol. The van der Waals surface area contributed by atoms with Gasteiger partial charge in [-0.05, 0) is 86.1 Å². The number of anilines is 1. The van der Waals surface area contributed by atoms with E-state index in [1.54, 1.807) is 31.3 Å². The Labute approximate surface area is 231 Å². The second-order valence-electron chi connectivity index (χ2n) is 9.07. The summed E-state index contributed by atoms with van der Waals surface area (Å²) < 4.78 is 10.6. The maximum Gasteiger partial charge on any atom is 0.227 e. The number of Topliss-reactive ketones (excluding diaryl/α,β-unsaturated/α-hetero) is 1. The summed E-state index contributed by atoms with van der Waals surface area (Å²) in [5, 5.41) is 8.83. The molecule has 1 atom stereocenters. The summed E-state index contributed by atoms with van der Waals surface area (Å²) >= 11 is 1.26. The van der Waals surface area contributed by atoms with Gasteiger partial charge in [-0.25, -0.2) is 4.98 Å². The van der Waals surface area contributed by atoms with Crippen molar-refractivity contribution in [2.24, 2.45) is 0 Å². The summed E-state index contributed by atoms with van der Waals surface area (Å²) in [5.41, 5.74) is 4.37. The van der Waals surface area contributed by atoms with Crippen molar-refractivity contribution < 1.29 is 19.1 Å². The molecule has 9 heteroatoms. The Morgan fingerprint density at radius 1 is 0.846 bits per heavy atom. The lowest BCUT2D eigenvalue weighted by Crippen LogP contribution is -2.23. The van der Waals surface area contributed by atoms with Crippen molar-refractivity contribution in [2.45, 2.75) is 30.2 Å². The lowest BCUT2D eigenvalue weighted by atomic mass is 10.0. The molecule has 1 saturated heterocycles. The number of thioether (sulfide) groups is 1. The van der Waals surface area contributed by atoms with Crippen molar-refractivity contribution in [3.8, 4) is 34.0 Å². The molecule has 1 aliphatic heterocycles. The molecule has 198 valence electrons. The Kier molecular flexibility index (Phi) is 7.88.